The fraction of sp³-hybridized carbons (Fsp3) is 0.250. The standard InChI is InChI=1S/C16H17ClFNO2/c1-3-21-15-7-4-11(8-16(15)20-2)10-19-12-5-6-13(17)14(18)9-12/h4-9,19H,3,10H2,1-2H3. The molecule has 0 aliphatic rings. The molecule has 2 aromatic rings. The Morgan fingerprint density at radius 2 is 1.95 bits per heavy atom. The first-order valence-electron chi connectivity index (χ1n) is 6.62. The Balaban J connectivity index is 2.07. The summed E-state index contributed by atoms with van der Waals surface area (Å²) in [6.07, 6.45) is 0. The van der Waals surface area contributed by atoms with E-state index < -0.39 is 5.82 Å². The van der Waals surface area contributed by atoms with Crippen LogP contribution in [0, 0.1) is 5.82 Å². The maximum absolute atomic E-state index is 13.4. The van der Waals surface area contributed by atoms with E-state index in [0.29, 0.717) is 30.3 Å². The third-order valence-electron chi connectivity index (χ3n) is 2.94. The summed E-state index contributed by atoms with van der Waals surface area (Å²) in [6.45, 7) is 3.05. The average molecular weight is 310 g/mol. The summed E-state index contributed by atoms with van der Waals surface area (Å²) in [4.78, 5) is 0. The highest BCUT2D eigenvalue weighted by Gasteiger charge is 2.06. The summed E-state index contributed by atoms with van der Waals surface area (Å²) in [5.74, 6) is 0.950. The molecule has 0 atom stereocenters. The number of hydrogen-bond acceptors (Lipinski definition) is 3. The number of nitrogens with one attached hydrogen (secondary N) is 1. The molecule has 0 aliphatic carbocycles. The van der Waals surface area contributed by atoms with Gasteiger partial charge >= 0.3 is 0 Å². The predicted molar refractivity (Wildman–Crippen MR) is 82.9 cm³/mol. The number of benzene rings is 2. The smallest absolute Gasteiger partial charge is 0.161 e. The van der Waals surface area contributed by atoms with Crippen LogP contribution in [0.1, 0.15) is 12.5 Å². The Kier molecular flexibility index (Phi) is 5.28. The molecule has 1 N–H and O–H groups in total. The van der Waals surface area contributed by atoms with Crippen molar-refractivity contribution in [2.24, 2.45) is 0 Å². The van der Waals surface area contributed by atoms with Gasteiger partial charge < -0.3 is 14.8 Å². The van der Waals surface area contributed by atoms with Crippen LogP contribution in [0.25, 0.3) is 0 Å². The van der Waals surface area contributed by atoms with Crippen molar-refractivity contribution in [1.82, 2.24) is 0 Å². The zero-order valence-corrected chi connectivity index (χ0v) is 12.7. The summed E-state index contributed by atoms with van der Waals surface area (Å²) < 4.78 is 24.1. The van der Waals surface area contributed by atoms with Gasteiger partial charge in [0, 0.05) is 12.2 Å². The van der Waals surface area contributed by atoms with Crippen LogP contribution in [-0.2, 0) is 6.54 Å². The van der Waals surface area contributed by atoms with E-state index in [1.54, 1.807) is 13.2 Å². The number of rotatable bonds is 6. The van der Waals surface area contributed by atoms with E-state index in [0.717, 1.165) is 5.56 Å². The molecule has 0 saturated heterocycles. The summed E-state index contributed by atoms with van der Waals surface area (Å²) in [6, 6.07) is 10.3. The van der Waals surface area contributed by atoms with Crippen LogP contribution in [-0.4, -0.2) is 13.7 Å². The molecule has 0 aliphatic heterocycles. The number of hydrogen-bond donors (Lipinski definition) is 1. The second-order valence-electron chi connectivity index (χ2n) is 4.40. The normalized spacial score (nSPS) is 10.3. The van der Waals surface area contributed by atoms with E-state index >= 15 is 0 Å². The Bertz CT molecular complexity index is 619. The van der Waals surface area contributed by atoms with Crippen LogP contribution in [0.2, 0.25) is 5.02 Å². The molecule has 0 heterocycles. The molecule has 3 nitrogen and oxygen atoms in total. The van der Waals surface area contributed by atoms with Gasteiger partial charge in [-0.1, -0.05) is 17.7 Å². The van der Waals surface area contributed by atoms with Crippen molar-refractivity contribution in [2.75, 3.05) is 19.0 Å². The molecule has 0 amide bonds. The lowest BCUT2D eigenvalue weighted by Crippen LogP contribution is -2.01. The Hall–Kier alpha value is -1.94. The zero-order valence-electron chi connectivity index (χ0n) is 12.0. The third kappa shape index (κ3) is 4.02. The molecule has 0 saturated carbocycles. The molecule has 0 spiro atoms. The second-order valence-corrected chi connectivity index (χ2v) is 4.81. The lowest BCUT2D eigenvalue weighted by atomic mass is 10.2. The topological polar surface area (TPSA) is 30.5 Å². The molecular weight excluding hydrogens is 293 g/mol. The number of ether oxygens (including phenoxy) is 2. The molecule has 0 unspecified atom stereocenters. The van der Waals surface area contributed by atoms with E-state index in [2.05, 4.69) is 5.32 Å². The Morgan fingerprint density at radius 1 is 1.14 bits per heavy atom. The quantitative estimate of drug-likeness (QED) is 0.852. The van der Waals surface area contributed by atoms with Crippen molar-refractivity contribution in [3.05, 3.63) is 52.8 Å². The molecule has 0 radical (unpaired) electrons. The van der Waals surface area contributed by atoms with E-state index in [9.17, 15) is 4.39 Å². The van der Waals surface area contributed by atoms with E-state index in [1.807, 2.05) is 25.1 Å². The highest BCUT2D eigenvalue weighted by atomic mass is 35.5. The molecule has 5 heteroatoms. The minimum absolute atomic E-state index is 0.114. The van der Waals surface area contributed by atoms with Gasteiger partial charge in [0.2, 0.25) is 0 Å². The largest absolute Gasteiger partial charge is 0.493 e. The van der Waals surface area contributed by atoms with Gasteiger partial charge in [0.25, 0.3) is 0 Å². The maximum Gasteiger partial charge on any atom is 0.161 e. The van der Waals surface area contributed by atoms with Gasteiger partial charge in [-0.3, -0.25) is 0 Å². The van der Waals surface area contributed by atoms with Gasteiger partial charge in [-0.15, -0.1) is 0 Å². The van der Waals surface area contributed by atoms with Crippen molar-refractivity contribution in [3.63, 3.8) is 0 Å². The minimum atomic E-state index is -0.439. The third-order valence-corrected chi connectivity index (χ3v) is 3.25. The zero-order chi connectivity index (χ0) is 15.2. The van der Waals surface area contributed by atoms with E-state index in [4.69, 9.17) is 21.1 Å². The van der Waals surface area contributed by atoms with Crippen LogP contribution in [0.5, 0.6) is 11.5 Å². The first-order chi connectivity index (χ1) is 10.1. The molecule has 21 heavy (non-hydrogen) atoms. The molecule has 2 aromatic carbocycles. The SMILES string of the molecule is CCOc1ccc(CNc2ccc(Cl)c(F)c2)cc1OC. The molecule has 0 aromatic heterocycles. The summed E-state index contributed by atoms with van der Waals surface area (Å²) in [5, 5.41) is 3.25. The van der Waals surface area contributed by atoms with Crippen molar-refractivity contribution in [1.29, 1.82) is 0 Å². The second kappa shape index (κ2) is 7.18. The predicted octanol–water partition coefficient (Wildman–Crippen LogP) is 4.50. The Morgan fingerprint density at radius 3 is 2.62 bits per heavy atom. The van der Waals surface area contributed by atoms with Crippen LogP contribution in [0.3, 0.4) is 0 Å². The van der Waals surface area contributed by atoms with Crippen LogP contribution in [0.4, 0.5) is 10.1 Å². The molecule has 112 valence electrons. The molecule has 0 bridgehead atoms. The molecule has 0 fully saturated rings. The highest BCUT2D eigenvalue weighted by Crippen LogP contribution is 2.28. The lowest BCUT2D eigenvalue weighted by molar-refractivity contribution is 0.310. The van der Waals surface area contributed by atoms with Crippen LogP contribution >= 0.6 is 11.6 Å². The lowest BCUT2D eigenvalue weighted by Gasteiger charge is -2.12. The number of halogens is 2. The number of methoxy groups -OCH3 is 1. The van der Waals surface area contributed by atoms with Crippen molar-refractivity contribution in [2.45, 2.75) is 13.5 Å². The van der Waals surface area contributed by atoms with Crippen LogP contribution in [0.15, 0.2) is 36.4 Å². The minimum Gasteiger partial charge on any atom is -0.493 e. The highest BCUT2D eigenvalue weighted by molar-refractivity contribution is 6.30. The van der Waals surface area contributed by atoms with Crippen LogP contribution < -0.4 is 14.8 Å². The fourth-order valence-corrected chi connectivity index (χ4v) is 2.02. The number of anilines is 1. The van der Waals surface area contributed by atoms with Gasteiger partial charge in [0.05, 0.1) is 18.7 Å². The average Bonchev–Trinajstić information content (AvgIpc) is 2.49. The molecular formula is C16H17ClFNO2. The first-order valence-corrected chi connectivity index (χ1v) is 7.00. The summed E-state index contributed by atoms with van der Waals surface area (Å²) in [5.41, 5.74) is 1.68. The van der Waals surface area contributed by atoms with Gasteiger partial charge in [0.15, 0.2) is 11.5 Å². The van der Waals surface area contributed by atoms with Crippen molar-refractivity contribution in [3.8, 4) is 11.5 Å². The van der Waals surface area contributed by atoms with Gasteiger partial charge in [-0.2, -0.15) is 0 Å². The van der Waals surface area contributed by atoms with Crippen molar-refractivity contribution >= 4 is 17.3 Å². The van der Waals surface area contributed by atoms with Crippen molar-refractivity contribution < 1.29 is 13.9 Å². The van der Waals surface area contributed by atoms with E-state index in [-0.39, 0.29) is 5.02 Å². The summed E-state index contributed by atoms with van der Waals surface area (Å²) in [7, 11) is 1.60. The van der Waals surface area contributed by atoms with E-state index in [1.165, 1.54) is 12.1 Å². The van der Waals surface area contributed by atoms with Gasteiger partial charge in [-0.25, -0.2) is 4.39 Å². The Labute approximate surface area is 128 Å². The maximum atomic E-state index is 13.4. The fourth-order valence-electron chi connectivity index (χ4n) is 1.91. The first kappa shape index (κ1) is 15.4. The van der Waals surface area contributed by atoms with Gasteiger partial charge in [0.1, 0.15) is 5.82 Å². The summed E-state index contributed by atoms with van der Waals surface area (Å²) >= 11 is 5.65. The monoisotopic (exact) mass is 309 g/mol. The van der Waals surface area contributed by atoms with Gasteiger partial charge in [-0.05, 0) is 42.8 Å². The molecule has 2 rings (SSSR count).